The SMILES string of the molecule is Nc1nc(N2CCCC(c3ccccc3)C2)cs1. The minimum Gasteiger partial charge on any atom is -0.375 e. The minimum atomic E-state index is 0.614. The van der Waals surface area contributed by atoms with Crippen LogP contribution >= 0.6 is 11.3 Å². The Morgan fingerprint density at radius 1 is 1.28 bits per heavy atom. The van der Waals surface area contributed by atoms with Gasteiger partial charge >= 0.3 is 0 Å². The van der Waals surface area contributed by atoms with Crippen LogP contribution in [0, 0.1) is 0 Å². The topological polar surface area (TPSA) is 42.1 Å². The molecule has 1 atom stereocenters. The third-order valence-electron chi connectivity index (χ3n) is 3.53. The molecule has 0 bridgehead atoms. The third kappa shape index (κ3) is 2.34. The van der Waals surface area contributed by atoms with Crippen molar-refractivity contribution in [2.45, 2.75) is 18.8 Å². The first kappa shape index (κ1) is 11.5. The van der Waals surface area contributed by atoms with E-state index in [0.717, 1.165) is 18.9 Å². The molecule has 1 unspecified atom stereocenters. The molecule has 3 rings (SSSR count). The van der Waals surface area contributed by atoms with Crippen molar-refractivity contribution in [3.05, 3.63) is 41.3 Å². The highest BCUT2D eigenvalue weighted by molar-refractivity contribution is 7.13. The predicted octanol–water partition coefficient (Wildman–Crippen LogP) is 3.11. The summed E-state index contributed by atoms with van der Waals surface area (Å²) in [4.78, 5) is 6.74. The predicted molar refractivity (Wildman–Crippen MR) is 77.2 cm³/mol. The van der Waals surface area contributed by atoms with Crippen molar-refractivity contribution in [2.24, 2.45) is 0 Å². The summed E-state index contributed by atoms with van der Waals surface area (Å²) in [6, 6.07) is 10.8. The normalized spacial score (nSPS) is 20.0. The first-order chi connectivity index (χ1) is 8.83. The Bertz CT molecular complexity index is 509. The van der Waals surface area contributed by atoms with E-state index >= 15 is 0 Å². The van der Waals surface area contributed by atoms with Crippen LogP contribution in [0.1, 0.15) is 24.3 Å². The maximum absolute atomic E-state index is 5.71. The molecule has 1 aromatic heterocycles. The van der Waals surface area contributed by atoms with Gasteiger partial charge in [0, 0.05) is 24.4 Å². The van der Waals surface area contributed by atoms with Gasteiger partial charge in [0.2, 0.25) is 0 Å². The lowest BCUT2D eigenvalue weighted by molar-refractivity contribution is 0.508. The number of hydrogen-bond donors (Lipinski definition) is 1. The van der Waals surface area contributed by atoms with Gasteiger partial charge in [-0.25, -0.2) is 4.98 Å². The number of nitrogens with two attached hydrogens (primary N) is 1. The molecular weight excluding hydrogens is 242 g/mol. The highest BCUT2D eigenvalue weighted by Crippen LogP contribution is 2.30. The molecule has 4 heteroatoms. The zero-order valence-electron chi connectivity index (χ0n) is 10.2. The van der Waals surface area contributed by atoms with E-state index in [2.05, 4.69) is 45.6 Å². The van der Waals surface area contributed by atoms with Crippen LogP contribution in [0.4, 0.5) is 10.9 Å². The zero-order chi connectivity index (χ0) is 12.4. The number of hydrogen-bond acceptors (Lipinski definition) is 4. The van der Waals surface area contributed by atoms with E-state index in [1.165, 1.54) is 29.7 Å². The second kappa shape index (κ2) is 4.98. The quantitative estimate of drug-likeness (QED) is 0.901. The minimum absolute atomic E-state index is 0.614. The van der Waals surface area contributed by atoms with Crippen molar-refractivity contribution in [3.63, 3.8) is 0 Å². The standard InChI is InChI=1S/C14H17N3S/c15-14-16-13(10-18-14)17-8-4-7-12(9-17)11-5-2-1-3-6-11/h1-3,5-6,10,12H,4,7-9H2,(H2,15,16). The van der Waals surface area contributed by atoms with Crippen LogP contribution in [0.25, 0.3) is 0 Å². The van der Waals surface area contributed by atoms with Gasteiger partial charge in [0.15, 0.2) is 5.13 Å². The van der Waals surface area contributed by atoms with E-state index in [4.69, 9.17) is 5.73 Å². The summed E-state index contributed by atoms with van der Waals surface area (Å²) in [6.07, 6.45) is 2.48. The molecule has 1 fully saturated rings. The number of nitrogens with zero attached hydrogens (tertiary/aromatic N) is 2. The van der Waals surface area contributed by atoms with Gasteiger partial charge in [-0.05, 0) is 18.4 Å². The highest BCUT2D eigenvalue weighted by Gasteiger charge is 2.22. The molecule has 1 aliphatic heterocycles. The molecule has 1 saturated heterocycles. The second-order valence-electron chi connectivity index (χ2n) is 4.74. The largest absolute Gasteiger partial charge is 0.375 e. The zero-order valence-corrected chi connectivity index (χ0v) is 11.1. The Hall–Kier alpha value is -1.55. The summed E-state index contributed by atoms with van der Waals surface area (Å²) in [5.41, 5.74) is 7.15. The lowest BCUT2D eigenvalue weighted by Crippen LogP contribution is -2.34. The van der Waals surface area contributed by atoms with E-state index in [1.54, 1.807) is 0 Å². The van der Waals surface area contributed by atoms with Crippen molar-refractivity contribution in [3.8, 4) is 0 Å². The van der Waals surface area contributed by atoms with E-state index in [1.807, 2.05) is 0 Å². The van der Waals surface area contributed by atoms with Crippen molar-refractivity contribution in [1.82, 2.24) is 4.98 Å². The number of anilines is 2. The molecule has 2 aromatic rings. The van der Waals surface area contributed by atoms with E-state index < -0.39 is 0 Å². The maximum atomic E-state index is 5.71. The number of rotatable bonds is 2. The Labute approximate surface area is 111 Å². The number of thiazole rings is 1. The van der Waals surface area contributed by atoms with Crippen LogP contribution in [0.3, 0.4) is 0 Å². The first-order valence-corrected chi connectivity index (χ1v) is 7.22. The molecule has 0 radical (unpaired) electrons. The molecule has 0 saturated carbocycles. The summed E-state index contributed by atoms with van der Waals surface area (Å²) in [6.45, 7) is 2.14. The lowest BCUT2D eigenvalue weighted by Gasteiger charge is -2.33. The highest BCUT2D eigenvalue weighted by atomic mass is 32.1. The van der Waals surface area contributed by atoms with Crippen molar-refractivity contribution >= 4 is 22.3 Å². The smallest absolute Gasteiger partial charge is 0.182 e. The molecule has 1 aliphatic rings. The average Bonchev–Trinajstić information content (AvgIpc) is 2.87. The number of benzene rings is 1. The summed E-state index contributed by atoms with van der Waals surface area (Å²) in [7, 11) is 0. The van der Waals surface area contributed by atoms with E-state index in [-0.39, 0.29) is 0 Å². The van der Waals surface area contributed by atoms with Crippen LogP contribution in [0.2, 0.25) is 0 Å². The fraction of sp³-hybridized carbons (Fsp3) is 0.357. The third-order valence-corrected chi connectivity index (χ3v) is 4.19. The van der Waals surface area contributed by atoms with Crippen LogP contribution in [0.5, 0.6) is 0 Å². The number of aromatic nitrogens is 1. The fourth-order valence-corrected chi connectivity index (χ4v) is 3.18. The van der Waals surface area contributed by atoms with Crippen LogP contribution in [-0.2, 0) is 0 Å². The van der Waals surface area contributed by atoms with Crippen molar-refractivity contribution in [2.75, 3.05) is 23.7 Å². The summed E-state index contributed by atoms with van der Waals surface area (Å²) >= 11 is 1.52. The van der Waals surface area contributed by atoms with Gasteiger partial charge < -0.3 is 10.6 Å². The molecule has 2 N–H and O–H groups in total. The summed E-state index contributed by atoms with van der Waals surface area (Å²) in [5, 5.41) is 2.72. The Morgan fingerprint density at radius 3 is 2.83 bits per heavy atom. The van der Waals surface area contributed by atoms with Crippen molar-refractivity contribution in [1.29, 1.82) is 0 Å². The van der Waals surface area contributed by atoms with E-state index in [9.17, 15) is 0 Å². The van der Waals surface area contributed by atoms with Gasteiger partial charge in [0.1, 0.15) is 5.82 Å². The lowest BCUT2D eigenvalue weighted by atomic mass is 9.91. The Balaban J connectivity index is 1.76. The number of nitrogen functional groups attached to an aromatic ring is 1. The van der Waals surface area contributed by atoms with Gasteiger partial charge in [-0.15, -0.1) is 11.3 Å². The maximum Gasteiger partial charge on any atom is 0.182 e. The Kier molecular flexibility index (Phi) is 3.19. The molecule has 0 aliphatic carbocycles. The fourth-order valence-electron chi connectivity index (χ4n) is 2.61. The van der Waals surface area contributed by atoms with Gasteiger partial charge in [-0.3, -0.25) is 0 Å². The Morgan fingerprint density at radius 2 is 2.11 bits per heavy atom. The molecule has 2 heterocycles. The van der Waals surface area contributed by atoms with Gasteiger partial charge in [0.25, 0.3) is 0 Å². The molecule has 1 aromatic carbocycles. The first-order valence-electron chi connectivity index (χ1n) is 6.34. The van der Waals surface area contributed by atoms with Crippen LogP contribution < -0.4 is 10.6 Å². The molecular formula is C14H17N3S. The molecule has 0 amide bonds. The molecule has 3 nitrogen and oxygen atoms in total. The summed E-state index contributed by atoms with van der Waals surface area (Å²) < 4.78 is 0. The van der Waals surface area contributed by atoms with Crippen LogP contribution in [-0.4, -0.2) is 18.1 Å². The van der Waals surface area contributed by atoms with Crippen LogP contribution in [0.15, 0.2) is 35.7 Å². The van der Waals surface area contributed by atoms with E-state index in [0.29, 0.717) is 11.0 Å². The van der Waals surface area contributed by atoms with Gasteiger partial charge in [-0.1, -0.05) is 30.3 Å². The molecule has 18 heavy (non-hydrogen) atoms. The summed E-state index contributed by atoms with van der Waals surface area (Å²) in [5.74, 6) is 1.65. The number of piperidine rings is 1. The average molecular weight is 259 g/mol. The van der Waals surface area contributed by atoms with Gasteiger partial charge in [-0.2, -0.15) is 0 Å². The van der Waals surface area contributed by atoms with Crippen molar-refractivity contribution < 1.29 is 0 Å². The van der Waals surface area contributed by atoms with Gasteiger partial charge in [0.05, 0.1) is 0 Å². The second-order valence-corrected chi connectivity index (χ2v) is 5.63. The molecule has 94 valence electrons. The molecule has 0 spiro atoms. The monoisotopic (exact) mass is 259 g/mol.